The fourth-order valence-corrected chi connectivity index (χ4v) is 3.43. The minimum atomic E-state index is -1.64. The smallest absolute Gasteiger partial charge is 0.326 e. The van der Waals surface area contributed by atoms with E-state index in [1.807, 2.05) is 0 Å². The van der Waals surface area contributed by atoms with Gasteiger partial charge in [0.15, 0.2) is 0 Å². The Labute approximate surface area is 210 Å². The predicted octanol–water partition coefficient (Wildman–Crippen LogP) is -2.09. The predicted molar refractivity (Wildman–Crippen MR) is 126 cm³/mol. The van der Waals surface area contributed by atoms with Gasteiger partial charge in [-0.3, -0.25) is 24.0 Å². The van der Waals surface area contributed by atoms with Gasteiger partial charge in [-0.15, -0.1) is 0 Å². The van der Waals surface area contributed by atoms with Crippen molar-refractivity contribution in [2.45, 2.75) is 56.3 Å². The molecule has 0 aliphatic heterocycles. The van der Waals surface area contributed by atoms with Crippen LogP contribution in [0.3, 0.4) is 0 Å². The van der Waals surface area contributed by atoms with Crippen molar-refractivity contribution in [3.63, 3.8) is 0 Å². The van der Waals surface area contributed by atoms with Crippen molar-refractivity contribution in [1.82, 2.24) is 25.9 Å². The molecular formula is C20H30N6O9S. The zero-order valence-corrected chi connectivity index (χ0v) is 20.2. The first-order valence-corrected chi connectivity index (χ1v) is 12.1. The molecule has 0 saturated heterocycles. The first-order chi connectivity index (χ1) is 16.9. The number of rotatable bonds is 17. The normalized spacial score (nSPS) is 14.1. The van der Waals surface area contributed by atoms with E-state index in [2.05, 4.69) is 25.9 Å². The summed E-state index contributed by atoms with van der Waals surface area (Å²) in [5.74, 6) is -6.51. The quantitative estimate of drug-likeness (QED) is 0.108. The van der Waals surface area contributed by atoms with E-state index in [-0.39, 0.29) is 12.8 Å². The number of amides is 3. The van der Waals surface area contributed by atoms with Crippen LogP contribution in [0.1, 0.15) is 31.4 Å². The fourth-order valence-electron chi connectivity index (χ4n) is 2.96. The third kappa shape index (κ3) is 11.2. The third-order valence-electron chi connectivity index (χ3n) is 4.85. The lowest BCUT2D eigenvalue weighted by Gasteiger charge is -2.24. The molecule has 1 aromatic rings. The van der Waals surface area contributed by atoms with Crippen molar-refractivity contribution in [1.29, 1.82) is 0 Å². The summed E-state index contributed by atoms with van der Waals surface area (Å²) < 4.78 is 0. The van der Waals surface area contributed by atoms with Gasteiger partial charge in [-0.2, -0.15) is 11.8 Å². The SMILES string of the molecule is CSCCC(NC(=O)C(CCC(=O)O)NC(=O)C(CC(=O)O)NC(=O)C(N)Cc1cnc[nH]1)C(=O)O. The Kier molecular flexibility index (Phi) is 13.0. The number of nitrogens with one attached hydrogen (secondary N) is 4. The lowest BCUT2D eigenvalue weighted by atomic mass is 10.1. The number of carboxylic acid groups (broad SMARTS) is 3. The second-order valence-electron chi connectivity index (χ2n) is 7.72. The van der Waals surface area contributed by atoms with Crippen LogP contribution in [0, 0.1) is 0 Å². The molecule has 3 amide bonds. The van der Waals surface area contributed by atoms with Gasteiger partial charge in [-0.1, -0.05) is 0 Å². The number of nitrogens with two attached hydrogens (primary N) is 1. The molecule has 0 aliphatic carbocycles. The fraction of sp³-hybridized carbons (Fsp3) is 0.550. The molecule has 9 N–H and O–H groups in total. The molecule has 15 nitrogen and oxygen atoms in total. The van der Waals surface area contributed by atoms with Crippen LogP contribution in [0.2, 0.25) is 0 Å². The van der Waals surface area contributed by atoms with Crippen LogP contribution in [0.5, 0.6) is 0 Å². The largest absolute Gasteiger partial charge is 0.481 e. The number of nitrogens with zero attached hydrogens (tertiary/aromatic N) is 1. The van der Waals surface area contributed by atoms with E-state index >= 15 is 0 Å². The maximum absolute atomic E-state index is 12.8. The summed E-state index contributed by atoms with van der Waals surface area (Å²) in [5.41, 5.74) is 6.34. The topological polar surface area (TPSA) is 254 Å². The Morgan fingerprint density at radius 3 is 2.08 bits per heavy atom. The minimum Gasteiger partial charge on any atom is -0.481 e. The number of H-pyrrole nitrogens is 1. The van der Waals surface area contributed by atoms with Crippen LogP contribution in [-0.2, 0) is 35.2 Å². The van der Waals surface area contributed by atoms with Crippen molar-refractivity contribution in [2.75, 3.05) is 12.0 Å². The van der Waals surface area contributed by atoms with E-state index in [0.717, 1.165) is 0 Å². The highest BCUT2D eigenvalue weighted by molar-refractivity contribution is 7.98. The first-order valence-electron chi connectivity index (χ1n) is 10.7. The number of imidazole rings is 1. The van der Waals surface area contributed by atoms with Crippen LogP contribution in [-0.4, -0.2) is 97.1 Å². The van der Waals surface area contributed by atoms with Gasteiger partial charge in [0, 0.05) is 24.7 Å². The van der Waals surface area contributed by atoms with Crippen LogP contribution in [0.25, 0.3) is 0 Å². The lowest BCUT2D eigenvalue weighted by Crippen LogP contribution is -2.57. The second kappa shape index (κ2) is 15.4. The molecule has 4 unspecified atom stereocenters. The number of hydrogen-bond donors (Lipinski definition) is 8. The number of hydrogen-bond acceptors (Lipinski definition) is 9. The molecule has 0 aliphatic rings. The maximum atomic E-state index is 12.8. The molecule has 0 bridgehead atoms. The molecule has 0 spiro atoms. The Balaban J connectivity index is 2.96. The zero-order valence-electron chi connectivity index (χ0n) is 19.4. The number of carbonyl (C=O) groups is 6. The molecule has 36 heavy (non-hydrogen) atoms. The standard InChI is InChI=1S/C20H30N6O9S/c1-36-5-4-13(20(34)35)25-18(32)12(2-3-15(27)28)24-19(33)14(7-16(29)30)26-17(31)11(21)6-10-8-22-9-23-10/h8-9,11-14H,2-7,21H2,1H3,(H,22,23)(H,24,33)(H,25,32)(H,26,31)(H,27,28)(H,29,30)(H,34,35). The monoisotopic (exact) mass is 530 g/mol. The van der Waals surface area contributed by atoms with Gasteiger partial charge in [0.1, 0.15) is 18.1 Å². The average Bonchev–Trinajstić information content (AvgIpc) is 3.30. The summed E-state index contributed by atoms with van der Waals surface area (Å²) >= 11 is 1.35. The van der Waals surface area contributed by atoms with Gasteiger partial charge < -0.3 is 42.0 Å². The van der Waals surface area contributed by atoms with Crippen molar-refractivity contribution >= 4 is 47.4 Å². The molecule has 1 aromatic heterocycles. The second-order valence-corrected chi connectivity index (χ2v) is 8.71. The minimum absolute atomic E-state index is 0.0174. The number of aliphatic carboxylic acids is 3. The highest BCUT2D eigenvalue weighted by Crippen LogP contribution is 2.06. The van der Waals surface area contributed by atoms with Crippen LogP contribution >= 0.6 is 11.8 Å². The van der Waals surface area contributed by atoms with E-state index in [4.69, 9.17) is 10.8 Å². The number of thioether (sulfide) groups is 1. The highest BCUT2D eigenvalue weighted by Gasteiger charge is 2.31. The van der Waals surface area contributed by atoms with Crippen LogP contribution in [0.15, 0.2) is 12.5 Å². The summed E-state index contributed by atoms with van der Waals surface area (Å²) in [6.07, 6.45) is 2.84. The number of aromatic amines is 1. The van der Waals surface area contributed by atoms with Crippen molar-refractivity contribution in [2.24, 2.45) is 5.73 Å². The molecule has 4 atom stereocenters. The lowest BCUT2D eigenvalue weighted by molar-refractivity contribution is -0.143. The number of aromatic nitrogens is 2. The van der Waals surface area contributed by atoms with E-state index in [0.29, 0.717) is 11.4 Å². The van der Waals surface area contributed by atoms with E-state index in [9.17, 15) is 39.0 Å². The Bertz CT molecular complexity index is 927. The van der Waals surface area contributed by atoms with E-state index in [1.165, 1.54) is 24.3 Å². The summed E-state index contributed by atoms with van der Waals surface area (Å²) in [5, 5.41) is 34.2. The van der Waals surface area contributed by atoms with Crippen LogP contribution < -0.4 is 21.7 Å². The molecule has 0 fully saturated rings. The summed E-state index contributed by atoms with van der Waals surface area (Å²) in [6.45, 7) is 0. The summed E-state index contributed by atoms with van der Waals surface area (Å²) in [6, 6.07) is -5.59. The van der Waals surface area contributed by atoms with Gasteiger partial charge in [0.2, 0.25) is 17.7 Å². The highest BCUT2D eigenvalue weighted by atomic mass is 32.2. The Morgan fingerprint density at radius 2 is 1.56 bits per heavy atom. The van der Waals surface area contributed by atoms with Gasteiger partial charge >= 0.3 is 17.9 Å². The zero-order chi connectivity index (χ0) is 27.3. The molecule has 0 aromatic carbocycles. The number of carboxylic acids is 3. The summed E-state index contributed by atoms with van der Waals surface area (Å²) in [4.78, 5) is 78.2. The van der Waals surface area contributed by atoms with Crippen molar-refractivity contribution < 1.29 is 44.1 Å². The molecular weight excluding hydrogens is 500 g/mol. The molecule has 0 saturated carbocycles. The van der Waals surface area contributed by atoms with E-state index in [1.54, 1.807) is 6.26 Å². The van der Waals surface area contributed by atoms with Crippen molar-refractivity contribution in [3.8, 4) is 0 Å². The maximum Gasteiger partial charge on any atom is 0.326 e. The third-order valence-corrected chi connectivity index (χ3v) is 5.49. The van der Waals surface area contributed by atoms with Crippen LogP contribution in [0.4, 0.5) is 0 Å². The van der Waals surface area contributed by atoms with Crippen molar-refractivity contribution in [3.05, 3.63) is 18.2 Å². The molecule has 1 heterocycles. The molecule has 1 rings (SSSR count). The first kappa shape index (κ1) is 30.4. The Morgan fingerprint density at radius 1 is 0.944 bits per heavy atom. The molecule has 200 valence electrons. The van der Waals surface area contributed by atoms with Gasteiger partial charge in [0.25, 0.3) is 0 Å². The van der Waals surface area contributed by atoms with Gasteiger partial charge in [0.05, 0.1) is 18.8 Å². The molecule has 0 radical (unpaired) electrons. The average molecular weight is 531 g/mol. The van der Waals surface area contributed by atoms with E-state index < -0.39 is 79.1 Å². The number of carbonyl (C=O) groups excluding carboxylic acids is 3. The molecule has 16 heteroatoms. The summed E-state index contributed by atoms with van der Waals surface area (Å²) in [7, 11) is 0. The van der Waals surface area contributed by atoms with Gasteiger partial charge in [-0.05, 0) is 24.9 Å². The Hall–Kier alpha value is -3.66. The van der Waals surface area contributed by atoms with Gasteiger partial charge in [-0.25, -0.2) is 9.78 Å².